The fourth-order valence-corrected chi connectivity index (χ4v) is 2.35. The smallest absolute Gasteiger partial charge is 0.303 e. The Balaban J connectivity index is 1.95. The second kappa shape index (κ2) is 3.87. The summed E-state index contributed by atoms with van der Waals surface area (Å²) in [5.74, 6) is -0.104. The molecule has 0 amide bonds. The van der Waals surface area contributed by atoms with Crippen molar-refractivity contribution in [2.24, 2.45) is 5.92 Å². The molecular formula is C13H13NO3. The normalized spacial score (nSPS) is 17.2. The standard InChI is InChI=1S/C13H13NO3/c15-13(16)6-11(8-1-2-8)9-3-4-10-7-14-17-12(10)5-9/h3-5,7-8,11H,1-2,6H2,(H,15,16). The van der Waals surface area contributed by atoms with Crippen LogP contribution in [0.1, 0.15) is 30.7 Å². The van der Waals surface area contributed by atoms with Gasteiger partial charge in [-0.1, -0.05) is 11.2 Å². The van der Waals surface area contributed by atoms with Crippen molar-refractivity contribution in [3.8, 4) is 0 Å². The largest absolute Gasteiger partial charge is 0.481 e. The summed E-state index contributed by atoms with van der Waals surface area (Å²) in [5, 5.41) is 13.6. The van der Waals surface area contributed by atoms with E-state index in [1.165, 1.54) is 0 Å². The van der Waals surface area contributed by atoms with Crippen molar-refractivity contribution < 1.29 is 14.4 Å². The van der Waals surface area contributed by atoms with E-state index in [1.54, 1.807) is 6.20 Å². The highest BCUT2D eigenvalue weighted by molar-refractivity contribution is 5.77. The lowest BCUT2D eigenvalue weighted by Crippen LogP contribution is -2.08. The summed E-state index contributed by atoms with van der Waals surface area (Å²) in [5.41, 5.74) is 1.79. The molecule has 1 N–H and O–H groups in total. The van der Waals surface area contributed by atoms with E-state index in [0.29, 0.717) is 5.92 Å². The van der Waals surface area contributed by atoms with E-state index in [9.17, 15) is 4.79 Å². The lowest BCUT2D eigenvalue weighted by atomic mass is 9.91. The summed E-state index contributed by atoms with van der Waals surface area (Å²) in [6.07, 6.45) is 4.13. The monoisotopic (exact) mass is 231 g/mol. The predicted octanol–water partition coefficient (Wildman–Crippen LogP) is 2.80. The maximum absolute atomic E-state index is 10.9. The second-order valence-corrected chi connectivity index (χ2v) is 4.66. The highest BCUT2D eigenvalue weighted by Crippen LogP contribution is 2.44. The van der Waals surface area contributed by atoms with Crippen molar-refractivity contribution in [3.05, 3.63) is 30.0 Å². The molecule has 1 aromatic heterocycles. The van der Waals surface area contributed by atoms with Crippen LogP contribution in [-0.2, 0) is 4.79 Å². The summed E-state index contributed by atoms with van der Waals surface area (Å²) in [4.78, 5) is 10.9. The van der Waals surface area contributed by atoms with Gasteiger partial charge in [0.25, 0.3) is 0 Å². The number of aromatic nitrogens is 1. The fraction of sp³-hybridized carbons (Fsp3) is 0.385. The van der Waals surface area contributed by atoms with E-state index in [1.807, 2.05) is 18.2 Å². The summed E-state index contributed by atoms with van der Waals surface area (Å²) >= 11 is 0. The van der Waals surface area contributed by atoms with E-state index in [-0.39, 0.29) is 12.3 Å². The van der Waals surface area contributed by atoms with Gasteiger partial charge in [-0.25, -0.2) is 0 Å². The lowest BCUT2D eigenvalue weighted by molar-refractivity contribution is -0.137. The predicted molar refractivity (Wildman–Crippen MR) is 61.7 cm³/mol. The van der Waals surface area contributed by atoms with E-state index in [4.69, 9.17) is 9.63 Å². The second-order valence-electron chi connectivity index (χ2n) is 4.66. The zero-order chi connectivity index (χ0) is 11.8. The molecule has 0 saturated heterocycles. The number of carbonyl (C=O) groups is 1. The van der Waals surface area contributed by atoms with E-state index < -0.39 is 5.97 Å². The van der Waals surface area contributed by atoms with E-state index in [2.05, 4.69) is 5.16 Å². The molecule has 1 atom stereocenters. The third kappa shape index (κ3) is 2.02. The molecule has 4 nitrogen and oxygen atoms in total. The molecule has 1 heterocycles. The lowest BCUT2D eigenvalue weighted by Gasteiger charge is -2.13. The highest BCUT2D eigenvalue weighted by atomic mass is 16.5. The van der Waals surface area contributed by atoms with Crippen molar-refractivity contribution in [2.75, 3.05) is 0 Å². The molecular weight excluding hydrogens is 218 g/mol. The first-order valence-electron chi connectivity index (χ1n) is 5.80. The Kier molecular flexibility index (Phi) is 2.35. The van der Waals surface area contributed by atoms with Crippen LogP contribution in [0.3, 0.4) is 0 Å². The Morgan fingerprint density at radius 1 is 1.53 bits per heavy atom. The minimum Gasteiger partial charge on any atom is -0.481 e. The van der Waals surface area contributed by atoms with Crippen LogP contribution >= 0.6 is 0 Å². The molecule has 1 aliphatic rings. The first kappa shape index (κ1) is 10.3. The van der Waals surface area contributed by atoms with Crippen LogP contribution in [0, 0.1) is 5.92 Å². The molecule has 1 aromatic carbocycles. The third-order valence-electron chi connectivity index (χ3n) is 3.39. The number of hydrogen-bond donors (Lipinski definition) is 1. The van der Waals surface area contributed by atoms with Crippen LogP contribution in [0.15, 0.2) is 28.9 Å². The SMILES string of the molecule is O=C(O)CC(c1ccc2cnoc2c1)C1CC1. The summed E-state index contributed by atoms with van der Waals surface area (Å²) in [7, 11) is 0. The van der Waals surface area contributed by atoms with Crippen LogP contribution in [-0.4, -0.2) is 16.2 Å². The quantitative estimate of drug-likeness (QED) is 0.878. The first-order valence-corrected chi connectivity index (χ1v) is 5.80. The molecule has 3 rings (SSSR count). The number of nitrogens with zero attached hydrogens (tertiary/aromatic N) is 1. The van der Waals surface area contributed by atoms with Crippen LogP contribution < -0.4 is 0 Å². The zero-order valence-corrected chi connectivity index (χ0v) is 9.30. The molecule has 0 aliphatic heterocycles. The number of fused-ring (bicyclic) bond motifs is 1. The van der Waals surface area contributed by atoms with Gasteiger partial charge in [0.15, 0.2) is 5.58 Å². The Hall–Kier alpha value is -1.84. The molecule has 0 radical (unpaired) electrons. The van der Waals surface area contributed by atoms with E-state index in [0.717, 1.165) is 29.4 Å². The van der Waals surface area contributed by atoms with E-state index >= 15 is 0 Å². The number of hydrogen-bond acceptors (Lipinski definition) is 3. The van der Waals surface area contributed by atoms with Crippen LogP contribution in [0.25, 0.3) is 11.0 Å². The van der Waals surface area contributed by atoms with Crippen molar-refractivity contribution >= 4 is 16.9 Å². The maximum atomic E-state index is 10.9. The average molecular weight is 231 g/mol. The topological polar surface area (TPSA) is 63.3 Å². The molecule has 1 unspecified atom stereocenters. The molecule has 1 aliphatic carbocycles. The number of rotatable bonds is 4. The van der Waals surface area contributed by atoms with Crippen molar-refractivity contribution in [2.45, 2.75) is 25.2 Å². The summed E-state index contributed by atoms with van der Waals surface area (Å²) in [6.45, 7) is 0. The van der Waals surface area contributed by atoms with Crippen molar-refractivity contribution in [3.63, 3.8) is 0 Å². The van der Waals surface area contributed by atoms with Gasteiger partial charge in [-0.05, 0) is 42.4 Å². The molecule has 88 valence electrons. The number of carboxylic acids is 1. The fourth-order valence-electron chi connectivity index (χ4n) is 2.35. The molecule has 1 fully saturated rings. The Morgan fingerprint density at radius 2 is 2.35 bits per heavy atom. The zero-order valence-electron chi connectivity index (χ0n) is 9.30. The van der Waals surface area contributed by atoms with Gasteiger partial charge in [0.1, 0.15) is 0 Å². The van der Waals surface area contributed by atoms with Crippen LogP contribution in [0.5, 0.6) is 0 Å². The highest BCUT2D eigenvalue weighted by Gasteiger charge is 2.33. The Labute approximate surface area is 98.2 Å². The summed E-state index contributed by atoms with van der Waals surface area (Å²) < 4.78 is 5.12. The first-order chi connectivity index (χ1) is 8.24. The van der Waals surface area contributed by atoms with Gasteiger partial charge in [0, 0.05) is 5.39 Å². The van der Waals surface area contributed by atoms with Gasteiger partial charge in [-0.15, -0.1) is 0 Å². The number of benzene rings is 1. The van der Waals surface area contributed by atoms with Crippen molar-refractivity contribution in [1.29, 1.82) is 0 Å². The molecule has 2 aromatic rings. The average Bonchev–Trinajstić information content (AvgIpc) is 3.03. The number of aliphatic carboxylic acids is 1. The third-order valence-corrected chi connectivity index (χ3v) is 3.39. The number of carboxylic acid groups (broad SMARTS) is 1. The van der Waals surface area contributed by atoms with Crippen LogP contribution in [0.4, 0.5) is 0 Å². The van der Waals surface area contributed by atoms with Gasteiger partial charge < -0.3 is 9.63 Å². The molecule has 17 heavy (non-hydrogen) atoms. The Morgan fingerprint density at radius 3 is 3.06 bits per heavy atom. The molecule has 1 saturated carbocycles. The minimum absolute atomic E-state index is 0.113. The van der Waals surface area contributed by atoms with Gasteiger partial charge in [0.2, 0.25) is 0 Å². The molecule has 0 bridgehead atoms. The summed E-state index contributed by atoms with van der Waals surface area (Å²) in [6, 6.07) is 5.86. The van der Waals surface area contributed by atoms with Gasteiger partial charge in [-0.3, -0.25) is 4.79 Å². The van der Waals surface area contributed by atoms with Crippen LogP contribution in [0.2, 0.25) is 0 Å². The molecule has 4 heteroatoms. The molecule has 0 spiro atoms. The maximum Gasteiger partial charge on any atom is 0.303 e. The Bertz CT molecular complexity index is 557. The minimum atomic E-state index is -0.737. The van der Waals surface area contributed by atoms with Crippen molar-refractivity contribution in [1.82, 2.24) is 5.16 Å². The van der Waals surface area contributed by atoms with Gasteiger partial charge in [-0.2, -0.15) is 0 Å². The van der Waals surface area contributed by atoms with Gasteiger partial charge >= 0.3 is 5.97 Å². The van der Waals surface area contributed by atoms with Gasteiger partial charge in [0.05, 0.1) is 12.6 Å².